The highest BCUT2D eigenvalue weighted by atomic mass is 19.1. The van der Waals surface area contributed by atoms with Crippen LogP contribution in [0, 0.1) is 5.82 Å². The summed E-state index contributed by atoms with van der Waals surface area (Å²) in [7, 11) is 7.63. The molecule has 9 nitrogen and oxygen atoms in total. The number of aryl methyl sites for hydroxylation is 1. The van der Waals surface area contributed by atoms with E-state index in [0.29, 0.717) is 40.3 Å². The van der Waals surface area contributed by atoms with Crippen molar-refractivity contribution in [3.8, 4) is 0 Å². The molecule has 0 bridgehead atoms. The fourth-order valence-corrected chi connectivity index (χ4v) is 4.76. The zero-order valence-electron chi connectivity index (χ0n) is 24.3. The topological polar surface area (TPSA) is 106 Å². The third-order valence-corrected chi connectivity index (χ3v) is 7.16. The molecule has 1 heterocycles. The van der Waals surface area contributed by atoms with Crippen molar-refractivity contribution in [3.63, 3.8) is 0 Å². The Morgan fingerprint density at radius 3 is 2.40 bits per heavy atom. The van der Waals surface area contributed by atoms with Crippen LogP contribution in [0.15, 0.2) is 71.7 Å². The molecular formula is C32H36FN5O4. The minimum absolute atomic E-state index is 0.0267. The minimum Gasteiger partial charge on any atom is -0.481 e. The van der Waals surface area contributed by atoms with Crippen molar-refractivity contribution in [3.05, 3.63) is 89.2 Å². The maximum absolute atomic E-state index is 13.9. The summed E-state index contributed by atoms with van der Waals surface area (Å²) in [6.45, 7) is 1.90. The van der Waals surface area contributed by atoms with E-state index in [0.717, 1.165) is 18.7 Å². The Morgan fingerprint density at radius 1 is 0.976 bits per heavy atom. The number of carbonyl (C=O) groups is 3. The molecule has 0 fully saturated rings. The lowest BCUT2D eigenvalue weighted by atomic mass is 9.89. The normalized spacial score (nSPS) is 14.7. The number of nitrogens with one attached hydrogen (secondary N) is 1. The number of hydrogen-bond donors (Lipinski definition) is 2. The van der Waals surface area contributed by atoms with E-state index < -0.39 is 17.7 Å². The summed E-state index contributed by atoms with van der Waals surface area (Å²) in [4.78, 5) is 47.7. The van der Waals surface area contributed by atoms with Crippen LogP contribution < -0.4 is 10.2 Å². The maximum Gasteiger partial charge on any atom is 0.303 e. The molecule has 0 radical (unpaired) electrons. The molecule has 2 N–H and O–H groups in total. The highest BCUT2D eigenvalue weighted by Crippen LogP contribution is 2.37. The van der Waals surface area contributed by atoms with E-state index in [1.807, 2.05) is 44.2 Å². The van der Waals surface area contributed by atoms with Gasteiger partial charge < -0.3 is 20.2 Å². The number of hydrogen-bond acceptors (Lipinski definition) is 6. The van der Waals surface area contributed by atoms with Gasteiger partial charge in [0.1, 0.15) is 11.7 Å². The second kappa shape index (κ2) is 13.5. The summed E-state index contributed by atoms with van der Waals surface area (Å²) in [6.07, 6.45) is 0.301. The molecule has 42 heavy (non-hydrogen) atoms. The zero-order valence-corrected chi connectivity index (χ0v) is 24.3. The third kappa shape index (κ3) is 7.65. The Bertz CT molecular complexity index is 1490. The van der Waals surface area contributed by atoms with E-state index in [-0.39, 0.29) is 24.8 Å². The van der Waals surface area contributed by atoms with E-state index in [1.54, 1.807) is 48.3 Å². The van der Waals surface area contributed by atoms with Crippen LogP contribution >= 0.6 is 0 Å². The van der Waals surface area contributed by atoms with Gasteiger partial charge in [0.15, 0.2) is 0 Å². The molecule has 0 spiro atoms. The van der Waals surface area contributed by atoms with Crippen molar-refractivity contribution in [2.75, 3.05) is 58.0 Å². The Hall–Kier alpha value is -4.41. The summed E-state index contributed by atoms with van der Waals surface area (Å²) in [5.74, 6) is -2.52. The van der Waals surface area contributed by atoms with E-state index in [4.69, 9.17) is 10.1 Å². The molecule has 3 aromatic rings. The van der Waals surface area contributed by atoms with E-state index in [1.165, 1.54) is 12.1 Å². The number of carboxylic acid groups (broad SMARTS) is 1. The van der Waals surface area contributed by atoms with Gasteiger partial charge in [0, 0.05) is 37.9 Å². The predicted octanol–water partition coefficient (Wildman–Crippen LogP) is 4.16. The summed E-state index contributed by atoms with van der Waals surface area (Å²) in [6, 6.07) is 18.6. The Balaban J connectivity index is 1.64. The molecule has 0 saturated heterocycles. The molecule has 220 valence electrons. The second-order valence-corrected chi connectivity index (χ2v) is 10.8. The molecule has 2 amide bonds. The highest BCUT2D eigenvalue weighted by molar-refractivity contribution is 6.24. The number of carbonyl (C=O) groups excluding carboxylic acids is 2. The van der Waals surface area contributed by atoms with Crippen LogP contribution in [0.1, 0.15) is 29.0 Å². The van der Waals surface area contributed by atoms with Gasteiger partial charge >= 0.3 is 5.97 Å². The Morgan fingerprint density at radius 2 is 1.71 bits per heavy atom. The van der Waals surface area contributed by atoms with Crippen LogP contribution in [0.5, 0.6) is 0 Å². The molecule has 4 rings (SSSR count). The predicted molar refractivity (Wildman–Crippen MR) is 162 cm³/mol. The first-order valence-corrected chi connectivity index (χ1v) is 13.7. The molecule has 0 saturated carbocycles. The van der Waals surface area contributed by atoms with Gasteiger partial charge in [-0.05, 0) is 86.7 Å². The van der Waals surface area contributed by atoms with E-state index >= 15 is 0 Å². The summed E-state index contributed by atoms with van der Waals surface area (Å²) < 4.78 is 13.9. The van der Waals surface area contributed by atoms with Crippen LogP contribution in [0.25, 0.3) is 0 Å². The smallest absolute Gasteiger partial charge is 0.303 e. The largest absolute Gasteiger partial charge is 0.481 e. The van der Waals surface area contributed by atoms with E-state index in [9.17, 15) is 18.8 Å². The lowest BCUT2D eigenvalue weighted by Gasteiger charge is -2.23. The fourth-order valence-electron chi connectivity index (χ4n) is 4.76. The van der Waals surface area contributed by atoms with Crippen molar-refractivity contribution in [1.82, 2.24) is 9.80 Å². The number of halogens is 1. The summed E-state index contributed by atoms with van der Waals surface area (Å²) in [5, 5.41) is 11.9. The van der Waals surface area contributed by atoms with Crippen LogP contribution in [0.2, 0.25) is 0 Å². The average molecular weight is 574 g/mol. The molecular weight excluding hydrogens is 537 g/mol. The highest BCUT2D eigenvalue weighted by Gasteiger charge is 2.35. The first-order valence-electron chi connectivity index (χ1n) is 13.7. The zero-order chi connectivity index (χ0) is 30.4. The number of likely N-dealkylation sites (N-methyl/N-ethyl adjacent to an activating group) is 3. The molecule has 1 aliphatic heterocycles. The summed E-state index contributed by atoms with van der Waals surface area (Å²) >= 11 is 0. The number of anilines is 2. The fraction of sp³-hybridized carbons (Fsp3) is 0.312. The number of aliphatic imine (C=N–C) groups is 1. The van der Waals surface area contributed by atoms with Crippen LogP contribution in [0.4, 0.5) is 21.5 Å². The van der Waals surface area contributed by atoms with E-state index in [2.05, 4.69) is 10.2 Å². The number of benzene rings is 3. The number of rotatable bonds is 12. The average Bonchev–Trinajstić information content (AvgIpc) is 3.28. The Labute approximate surface area is 245 Å². The van der Waals surface area contributed by atoms with Crippen molar-refractivity contribution in [1.29, 1.82) is 0 Å². The molecule has 1 atom stereocenters. The van der Waals surface area contributed by atoms with Crippen molar-refractivity contribution >= 4 is 40.6 Å². The lowest BCUT2D eigenvalue weighted by molar-refractivity contribution is -0.137. The first-order chi connectivity index (χ1) is 20.0. The summed E-state index contributed by atoms with van der Waals surface area (Å²) in [5.41, 5.74) is 4.18. The number of nitrogens with zero attached hydrogens (tertiary/aromatic N) is 4. The standard InChI is InChI=1S/C32H36FN5O4/c1-36(2)16-17-37(3)20-28(39)38(4)25-12-10-24(11-13-25)34-31(22-7-5-6-21(18-22)8-15-29(40)41)30-26-14-9-23(33)19-27(26)35-32(30)42/h5-7,9-14,18-19,30H,8,15-17,20H2,1-4H3,(H,35,42)(H,40,41). The Kier molecular flexibility index (Phi) is 9.82. The van der Waals surface area contributed by atoms with Crippen LogP contribution in [0.3, 0.4) is 0 Å². The number of carboxylic acids is 1. The van der Waals surface area contributed by atoms with Gasteiger partial charge in [0.25, 0.3) is 0 Å². The minimum atomic E-state index is -0.899. The number of fused-ring (bicyclic) bond motifs is 1. The SMILES string of the molecule is CN(C)CCN(C)CC(=O)N(C)c1ccc(N=C(c2cccc(CCC(=O)O)c2)C2C(=O)Nc3cc(F)ccc32)cc1. The molecule has 0 aliphatic carbocycles. The van der Waals surface area contributed by atoms with Gasteiger partial charge in [-0.1, -0.05) is 24.3 Å². The molecule has 3 aromatic carbocycles. The van der Waals surface area contributed by atoms with Crippen molar-refractivity contribution in [2.24, 2.45) is 4.99 Å². The van der Waals surface area contributed by atoms with Gasteiger partial charge in [-0.3, -0.25) is 24.3 Å². The lowest BCUT2D eigenvalue weighted by Crippen LogP contribution is -2.39. The first kappa shape index (κ1) is 30.5. The van der Waals surface area contributed by atoms with Crippen LogP contribution in [-0.4, -0.2) is 86.2 Å². The molecule has 1 aliphatic rings. The van der Waals surface area contributed by atoms with Gasteiger partial charge in [-0.25, -0.2) is 4.39 Å². The van der Waals surface area contributed by atoms with Crippen LogP contribution in [-0.2, 0) is 20.8 Å². The quantitative estimate of drug-likeness (QED) is 0.316. The second-order valence-electron chi connectivity index (χ2n) is 10.8. The maximum atomic E-state index is 13.9. The van der Waals surface area contributed by atoms with Crippen molar-refractivity contribution < 1.29 is 23.9 Å². The molecule has 0 aromatic heterocycles. The van der Waals surface area contributed by atoms with Crippen molar-refractivity contribution in [2.45, 2.75) is 18.8 Å². The monoisotopic (exact) mass is 573 g/mol. The van der Waals surface area contributed by atoms with Gasteiger partial charge in [-0.15, -0.1) is 0 Å². The van der Waals surface area contributed by atoms with Gasteiger partial charge in [-0.2, -0.15) is 0 Å². The third-order valence-electron chi connectivity index (χ3n) is 7.16. The number of aliphatic carboxylic acids is 1. The van der Waals surface area contributed by atoms with Gasteiger partial charge in [0.05, 0.1) is 17.9 Å². The number of amides is 2. The van der Waals surface area contributed by atoms with Gasteiger partial charge in [0.2, 0.25) is 11.8 Å². The molecule has 10 heteroatoms. The molecule has 1 unspecified atom stereocenters.